The molecule has 0 fully saturated rings. The minimum Gasteiger partial charge on any atom is -0.385 e. The van der Waals surface area contributed by atoms with Gasteiger partial charge in [-0.25, -0.2) is 4.68 Å². The molecular weight excluding hydrogens is 214 g/mol. The van der Waals surface area contributed by atoms with Crippen LogP contribution in [0.3, 0.4) is 0 Å². The first-order chi connectivity index (χ1) is 7.38. The van der Waals surface area contributed by atoms with E-state index >= 15 is 0 Å². The first-order valence-corrected chi connectivity index (χ1v) is 5.89. The van der Waals surface area contributed by atoms with Crippen LogP contribution in [0.4, 0.5) is 0 Å². The van der Waals surface area contributed by atoms with Gasteiger partial charge in [-0.05, 0) is 23.9 Å². The number of aromatic nitrogens is 4. The quantitative estimate of drug-likeness (QED) is 0.503. The Labute approximate surface area is 93.8 Å². The van der Waals surface area contributed by atoms with Crippen LogP contribution in [-0.4, -0.2) is 53.3 Å². The maximum atomic E-state index is 4.97. The Morgan fingerprint density at radius 3 is 3.13 bits per heavy atom. The molecule has 7 heteroatoms. The van der Waals surface area contributed by atoms with Crippen molar-refractivity contribution in [2.75, 3.05) is 33.1 Å². The van der Waals surface area contributed by atoms with Crippen molar-refractivity contribution in [1.82, 2.24) is 25.5 Å². The van der Waals surface area contributed by atoms with Crippen LogP contribution in [0.1, 0.15) is 6.42 Å². The number of hydrogen-bond donors (Lipinski definition) is 1. The number of hydrogen-bond acceptors (Lipinski definition) is 6. The summed E-state index contributed by atoms with van der Waals surface area (Å²) in [4.78, 5) is 0. The molecule has 0 aliphatic carbocycles. The second-order valence-electron chi connectivity index (χ2n) is 2.98. The Hall–Kier alpha value is -0.660. The molecule has 0 atom stereocenters. The van der Waals surface area contributed by atoms with E-state index in [-0.39, 0.29) is 0 Å². The number of nitrogens with one attached hydrogen (secondary N) is 1. The van der Waals surface area contributed by atoms with Crippen molar-refractivity contribution in [3.63, 3.8) is 0 Å². The second-order valence-corrected chi connectivity index (χ2v) is 4.05. The number of methoxy groups -OCH3 is 1. The van der Waals surface area contributed by atoms with Gasteiger partial charge >= 0.3 is 0 Å². The average molecular weight is 231 g/mol. The fourth-order valence-electron chi connectivity index (χ4n) is 1.02. The van der Waals surface area contributed by atoms with E-state index in [0.29, 0.717) is 0 Å². The lowest BCUT2D eigenvalue weighted by Gasteiger charge is -2.03. The van der Waals surface area contributed by atoms with Gasteiger partial charge in [0.25, 0.3) is 0 Å². The molecule has 86 valence electrons. The summed E-state index contributed by atoms with van der Waals surface area (Å²) < 4.78 is 6.79. The molecule has 0 bridgehead atoms. The number of rotatable bonds is 8. The van der Waals surface area contributed by atoms with Gasteiger partial charge in [0, 0.05) is 26.0 Å². The zero-order chi connectivity index (χ0) is 10.9. The van der Waals surface area contributed by atoms with Gasteiger partial charge in [0.05, 0.1) is 6.54 Å². The van der Waals surface area contributed by atoms with Crippen molar-refractivity contribution in [3.8, 4) is 0 Å². The molecular formula is C8H17N5OS. The Morgan fingerprint density at radius 1 is 1.53 bits per heavy atom. The van der Waals surface area contributed by atoms with Crippen molar-refractivity contribution in [2.24, 2.45) is 0 Å². The molecule has 0 saturated heterocycles. The summed E-state index contributed by atoms with van der Waals surface area (Å²) in [5.74, 6) is 0.980. The molecule has 15 heavy (non-hydrogen) atoms. The molecule has 1 N–H and O–H groups in total. The lowest BCUT2D eigenvalue weighted by atomic mass is 10.5. The van der Waals surface area contributed by atoms with Gasteiger partial charge in [-0.15, -0.1) is 5.10 Å². The van der Waals surface area contributed by atoms with Gasteiger partial charge in [-0.3, -0.25) is 0 Å². The average Bonchev–Trinajstić information content (AvgIpc) is 2.69. The van der Waals surface area contributed by atoms with Gasteiger partial charge in [-0.1, -0.05) is 11.8 Å². The zero-order valence-corrected chi connectivity index (χ0v) is 9.96. The summed E-state index contributed by atoms with van der Waals surface area (Å²) in [6, 6.07) is 0. The maximum Gasteiger partial charge on any atom is 0.209 e. The van der Waals surface area contributed by atoms with Crippen molar-refractivity contribution >= 4 is 11.8 Å². The van der Waals surface area contributed by atoms with Crippen LogP contribution in [0.15, 0.2) is 5.16 Å². The number of tetrazole rings is 1. The third-order valence-corrected chi connectivity index (χ3v) is 2.84. The highest BCUT2D eigenvalue weighted by Crippen LogP contribution is 2.13. The van der Waals surface area contributed by atoms with Crippen LogP contribution in [0.5, 0.6) is 0 Å². The predicted octanol–water partition coefficient (Wildman–Crippen LogP) is 0.0211. The zero-order valence-electron chi connectivity index (χ0n) is 9.14. The molecule has 1 heterocycles. The second kappa shape index (κ2) is 7.61. The summed E-state index contributed by atoms with van der Waals surface area (Å²) in [7, 11) is 3.62. The Balaban J connectivity index is 2.29. The SMILES string of the molecule is CNCCn1nnnc1SCCCOC. The van der Waals surface area contributed by atoms with Gasteiger partial charge < -0.3 is 10.1 Å². The third kappa shape index (κ3) is 4.59. The monoisotopic (exact) mass is 231 g/mol. The Bertz CT molecular complexity index is 267. The van der Waals surface area contributed by atoms with Crippen LogP contribution >= 0.6 is 11.8 Å². The van der Waals surface area contributed by atoms with E-state index in [1.807, 2.05) is 11.7 Å². The van der Waals surface area contributed by atoms with E-state index in [2.05, 4.69) is 20.8 Å². The van der Waals surface area contributed by atoms with E-state index < -0.39 is 0 Å². The van der Waals surface area contributed by atoms with E-state index in [9.17, 15) is 0 Å². The maximum absolute atomic E-state index is 4.97. The minimum atomic E-state index is 0.783. The van der Waals surface area contributed by atoms with Crippen molar-refractivity contribution in [1.29, 1.82) is 0 Å². The summed E-state index contributed by atoms with van der Waals surface area (Å²) in [5.41, 5.74) is 0. The van der Waals surface area contributed by atoms with Crippen LogP contribution in [0.2, 0.25) is 0 Å². The number of ether oxygens (including phenoxy) is 1. The molecule has 1 aromatic heterocycles. The summed E-state index contributed by atoms with van der Waals surface area (Å²) in [6.45, 7) is 2.46. The predicted molar refractivity (Wildman–Crippen MR) is 59.0 cm³/mol. The molecule has 0 aliphatic rings. The highest BCUT2D eigenvalue weighted by molar-refractivity contribution is 7.99. The molecule has 1 rings (SSSR count). The molecule has 1 aromatic rings. The van der Waals surface area contributed by atoms with E-state index in [1.165, 1.54) is 0 Å². The molecule has 0 unspecified atom stereocenters. The molecule has 0 amide bonds. The first-order valence-electron chi connectivity index (χ1n) is 4.91. The summed E-state index contributed by atoms with van der Waals surface area (Å²) >= 11 is 1.66. The topological polar surface area (TPSA) is 64.9 Å². The van der Waals surface area contributed by atoms with Crippen LogP contribution in [0.25, 0.3) is 0 Å². The summed E-state index contributed by atoms with van der Waals surface area (Å²) in [6.07, 6.45) is 1.01. The fraction of sp³-hybridized carbons (Fsp3) is 0.875. The molecule has 0 aromatic carbocycles. The fourth-order valence-corrected chi connectivity index (χ4v) is 1.84. The molecule has 6 nitrogen and oxygen atoms in total. The van der Waals surface area contributed by atoms with Crippen LogP contribution < -0.4 is 5.32 Å². The number of nitrogens with zero attached hydrogens (tertiary/aromatic N) is 4. The van der Waals surface area contributed by atoms with Gasteiger partial charge in [0.15, 0.2) is 0 Å². The highest BCUT2D eigenvalue weighted by atomic mass is 32.2. The van der Waals surface area contributed by atoms with Crippen molar-refractivity contribution in [2.45, 2.75) is 18.1 Å². The van der Waals surface area contributed by atoms with E-state index in [1.54, 1.807) is 18.9 Å². The van der Waals surface area contributed by atoms with Crippen LogP contribution in [0, 0.1) is 0 Å². The standard InChI is InChI=1S/C8H17N5OS/c1-9-4-5-13-8(10-11-12-13)15-7-3-6-14-2/h9H,3-7H2,1-2H3. The third-order valence-electron chi connectivity index (χ3n) is 1.80. The van der Waals surface area contributed by atoms with E-state index in [4.69, 9.17) is 4.74 Å². The minimum absolute atomic E-state index is 0.783. The largest absolute Gasteiger partial charge is 0.385 e. The van der Waals surface area contributed by atoms with Crippen LogP contribution in [-0.2, 0) is 11.3 Å². The number of likely N-dealkylation sites (N-methyl/N-ethyl adjacent to an activating group) is 1. The molecule has 0 saturated carbocycles. The van der Waals surface area contributed by atoms with Gasteiger partial charge in [-0.2, -0.15) is 0 Å². The van der Waals surface area contributed by atoms with Gasteiger partial charge in [0.2, 0.25) is 5.16 Å². The van der Waals surface area contributed by atoms with E-state index in [0.717, 1.165) is 37.0 Å². The lowest BCUT2D eigenvalue weighted by Crippen LogP contribution is -2.16. The first kappa shape index (κ1) is 12.4. The van der Waals surface area contributed by atoms with Gasteiger partial charge in [0.1, 0.15) is 0 Å². The lowest BCUT2D eigenvalue weighted by molar-refractivity contribution is 0.200. The molecule has 0 aliphatic heterocycles. The normalized spacial score (nSPS) is 10.8. The highest BCUT2D eigenvalue weighted by Gasteiger charge is 2.05. The molecule has 0 radical (unpaired) electrons. The summed E-state index contributed by atoms with van der Waals surface area (Å²) in [5, 5.41) is 15.5. The Kier molecular flexibility index (Phi) is 6.29. The Morgan fingerprint density at radius 2 is 2.40 bits per heavy atom. The smallest absolute Gasteiger partial charge is 0.209 e. The number of thioether (sulfide) groups is 1. The van der Waals surface area contributed by atoms with Crippen molar-refractivity contribution in [3.05, 3.63) is 0 Å². The molecule has 0 spiro atoms. The van der Waals surface area contributed by atoms with Crippen molar-refractivity contribution < 1.29 is 4.74 Å².